The standard InChI is InChI=1S/C8H16S2/c1-6(2)7(9)10-8(3,4)5/h6H,1-5H3. The lowest BCUT2D eigenvalue weighted by Crippen LogP contribution is -2.13. The normalized spacial score (nSPS) is 12.2. The van der Waals surface area contributed by atoms with Gasteiger partial charge in [0.2, 0.25) is 0 Å². The Kier molecular flexibility index (Phi) is 3.89. The van der Waals surface area contributed by atoms with Crippen LogP contribution in [0.2, 0.25) is 0 Å². The van der Waals surface area contributed by atoms with Crippen molar-refractivity contribution in [2.24, 2.45) is 5.92 Å². The number of thiocarbonyl (C=S) groups is 1. The van der Waals surface area contributed by atoms with Gasteiger partial charge in [-0.05, 0) is 5.92 Å². The van der Waals surface area contributed by atoms with E-state index in [9.17, 15) is 0 Å². The zero-order valence-electron chi connectivity index (χ0n) is 7.39. The highest BCUT2D eigenvalue weighted by Crippen LogP contribution is 2.27. The highest BCUT2D eigenvalue weighted by Gasteiger charge is 2.15. The highest BCUT2D eigenvalue weighted by molar-refractivity contribution is 8.23. The van der Waals surface area contributed by atoms with E-state index < -0.39 is 0 Å². The van der Waals surface area contributed by atoms with Crippen LogP contribution in [-0.2, 0) is 0 Å². The van der Waals surface area contributed by atoms with Crippen LogP contribution < -0.4 is 0 Å². The van der Waals surface area contributed by atoms with Gasteiger partial charge in [-0.15, -0.1) is 11.8 Å². The predicted octanol–water partition coefficient (Wildman–Crippen LogP) is 3.50. The van der Waals surface area contributed by atoms with Crippen LogP contribution in [0.3, 0.4) is 0 Å². The monoisotopic (exact) mass is 176 g/mol. The topological polar surface area (TPSA) is 0 Å². The van der Waals surface area contributed by atoms with E-state index in [2.05, 4.69) is 34.6 Å². The van der Waals surface area contributed by atoms with Crippen molar-refractivity contribution in [2.45, 2.75) is 39.4 Å². The summed E-state index contributed by atoms with van der Waals surface area (Å²) in [4.78, 5) is 0. The Morgan fingerprint density at radius 3 is 1.80 bits per heavy atom. The zero-order valence-corrected chi connectivity index (χ0v) is 9.03. The summed E-state index contributed by atoms with van der Waals surface area (Å²) < 4.78 is 1.40. The molecule has 0 nitrogen and oxygen atoms in total. The van der Waals surface area contributed by atoms with Crippen LogP contribution in [0.4, 0.5) is 0 Å². The second-order valence-electron chi connectivity index (χ2n) is 3.69. The largest absolute Gasteiger partial charge is 0.113 e. The lowest BCUT2D eigenvalue weighted by atomic mass is 10.2. The van der Waals surface area contributed by atoms with E-state index in [-0.39, 0.29) is 4.75 Å². The minimum absolute atomic E-state index is 0.279. The first-order valence-electron chi connectivity index (χ1n) is 3.56. The fourth-order valence-corrected chi connectivity index (χ4v) is 2.01. The van der Waals surface area contributed by atoms with Gasteiger partial charge in [0.25, 0.3) is 0 Å². The lowest BCUT2D eigenvalue weighted by molar-refractivity contribution is 0.806. The molecule has 0 spiro atoms. The van der Waals surface area contributed by atoms with Gasteiger partial charge in [-0.3, -0.25) is 0 Å². The van der Waals surface area contributed by atoms with Crippen LogP contribution in [0.1, 0.15) is 34.6 Å². The first-order valence-corrected chi connectivity index (χ1v) is 4.78. The zero-order chi connectivity index (χ0) is 8.36. The summed E-state index contributed by atoms with van der Waals surface area (Å²) in [7, 11) is 0. The Balaban J connectivity index is 3.81. The summed E-state index contributed by atoms with van der Waals surface area (Å²) >= 11 is 6.99. The molecular formula is C8H16S2. The fourth-order valence-electron chi connectivity index (χ4n) is 0.420. The molecule has 10 heavy (non-hydrogen) atoms. The number of hydrogen-bond donors (Lipinski definition) is 0. The SMILES string of the molecule is CC(C)C(=S)SC(C)(C)C. The third kappa shape index (κ3) is 5.24. The summed E-state index contributed by atoms with van der Waals surface area (Å²) in [5.41, 5.74) is 0. The van der Waals surface area contributed by atoms with Crippen LogP contribution in [0, 0.1) is 5.92 Å². The van der Waals surface area contributed by atoms with Gasteiger partial charge in [0.05, 0.1) is 4.20 Å². The van der Waals surface area contributed by atoms with Crippen LogP contribution in [0.5, 0.6) is 0 Å². The summed E-state index contributed by atoms with van der Waals surface area (Å²) in [6, 6.07) is 0. The minimum atomic E-state index is 0.279. The molecule has 0 saturated heterocycles. The second kappa shape index (κ2) is 3.72. The number of thioether (sulfide) groups is 1. The fraction of sp³-hybridized carbons (Fsp3) is 0.875. The van der Waals surface area contributed by atoms with Gasteiger partial charge < -0.3 is 0 Å². The molecule has 0 aliphatic rings. The molecule has 0 radical (unpaired) electrons. The molecule has 0 aliphatic heterocycles. The first-order chi connectivity index (χ1) is 4.33. The molecule has 0 aliphatic carbocycles. The van der Waals surface area contributed by atoms with Gasteiger partial charge >= 0.3 is 0 Å². The Morgan fingerprint density at radius 2 is 1.70 bits per heavy atom. The van der Waals surface area contributed by atoms with Crippen molar-refractivity contribution >= 4 is 28.2 Å². The van der Waals surface area contributed by atoms with Crippen LogP contribution in [0.25, 0.3) is 0 Å². The van der Waals surface area contributed by atoms with Crippen molar-refractivity contribution < 1.29 is 0 Å². The van der Waals surface area contributed by atoms with Gasteiger partial charge in [-0.2, -0.15) is 0 Å². The average Bonchev–Trinajstić information content (AvgIpc) is 1.60. The average molecular weight is 176 g/mol. The lowest BCUT2D eigenvalue weighted by Gasteiger charge is -2.19. The Labute approximate surface area is 73.8 Å². The van der Waals surface area contributed by atoms with E-state index in [0.717, 1.165) is 4.20 Å². The van der Waals surface area contributed by atoms with Crippen molar-refractivity contribution in [3.8, 4) is 0 Å². The van der Waals surface area contributed by atoms with Gasteiger partial charge in [0.1, 0.15) is 0 Å². The maximum Gasteiger partial charge on any atom is 0.0509 e. The first kappa shape index (κ1) is 10.4. The summed E-state index contributed by atoms with van der Waals surface area (Å²) in [6.45, 7) is 10.8. The maximum absolute atomic E-state index is 5.19. The van der Waals surface area contributed by atoms with E-state index in [0.29, 0.717) is 5.92 Å². The van der Waals surface area contributed by atoms with E-state index in [4.69, 9.17) is 12.2 Å². The number of rotatable bonds is 1. The quantitative estimate of drug-likeness (QED) is 0.561. The molecule has 0 aromatic carbocycles. The van der Waals surface area contributed by atoms with Crippen molar-refractivity contribution in [1.82, 2.24) is 0 Å². The van der Waals surface area contributed by atoms with Crippen LogP contribution in [0.15, 0.2) is 0 Å². The maximum atomic E-state index is 5.19. The predicted molar refractivity (Wildman–Crippen MR) is 54.8 cm³/mol. The summed E-state index contributed by atoms with van der Waals surface area (Å²) in [5, 5.41) is 0. The molecule has 0 aromatic rings. The third-order valence-electron chi connectivity index (χ3n) is 0.878. The van der Waals surface area contributed by atoms with Crippen LogP contribution >= 0.6 is 24.0 Å². The van der Waals surface area contributed by atoms with E-state index >= 15 is 0 Å². The Bertz CT molecular complexity index is 120. The van der Waals surface area contributed by atoms with E-state index in [1.54, 1.807) is 11.8 Å². The van der Waals surface area contributed by atoms with Gasteiger partial charge in [0, 0.05) is 4.75 Å². The molecule has 0 atom stereocenters. The minimum Gasteiger partial charge on any atom is -0.113 e. The molecule has 0 fully saturated rings. The molecule has 60 valence electrons. The molecular weight excluding hydrogens is 160 g/mol. The van der Waals surface area contributed by atoms with E-state index in [1.807, 2.05) is 0 Å². The van der Waals surface area contributed by atoms with Crippen molar-refractivity contribution in [1.29, 1.82) is 0 Å². The molecule has 0 N–H and O–H groups in total. The molecule has 0 aromatic heterocycles. The molecule has 0 rings (SSSR count). The Hall–Kier alpha value is 0.440. The molecule has 0 unspecified atom stereocenters. The van der Waals surface area contributed by atoms with E-state index in [1.165, 1.54) is 0 Å². The third-order valence-corrected chi connectivity index (χ3v) is 2.88. The van der Waals surface area contributed by atoms with Crippen molar-refractivity contribution in [3.05, 3.63) is 0 Å². The van der Waals surface area contributed by atoms with Gasteiger partial charge in [-0.1, -0.05) is 46.8 Å². The Morgan fingerprint density at radius 1 is 1.30 bits per heavy atom. The van der Waals surface area contributed by atoms with Gasteiger partial charge in [-0.25, -0.2) is 0 Å². The van der Waals surface area contributed by atoms with Crippen molar-refractivity contribution in [2.75, 3.05) is 0 Å². The molecule has 2 heteroatoms. The van der Waals surface area contributed by atoms with Crippen molar-refractivity contribution in [3.63, 3.8) is 0 Å². The summed E-state index contributed by atoms with van der Waals surface area (Å²) in [6.07, 6.45) is 0. The number of hydrogen-bond acceptors (Lipinski definition) is 2. The molecule has 0 heterocycles. The second-order valence-corrected chi connectivity index (χ2v) is 6.26. The highest BCUT2D eigenvalue weighted by atomic mass is 32.2. The van der Waals surface area contributed by atoms with Crippen LogP contribution in [-0.4, -0.2) is 8.94 Å². The van der Waals surface area contributed by atoms with Gasteiger partial charge in [0.15, 0.2) is 0 Å². The molecule has 0 bridgehead atoms. The summed E-state index contributed by atoms with van der Waals surface area (Å²) in [5.74, 6) is 0.527. The molecule has 0 saturated carbocycles. The smallest absolute Gasteiger partial charge is 0.0509 e. The molecule has 0 amide bonds.